The van der Waals surface area contributed by atoms with Crippen LogP contribution < -0.4 is 0 Å². The number of carbonyl (C=O) groups excluding carboxylic acids is 2. The third kappa shape index (κ3) is 13.2. The Morgan fingerprint density at radius 1 is 0.406 bits per heavy atom. The van der Waals surface area contributed by atoms with Crippen LogP contribution in [0.5, 0.6) is 0 Å². The number of aromatic nitrogens is 10. The lowest BCUT2D eigenvalue weighted by Gasteiger charge is -2.31. The van der Waals surface area contributed by atoms with Gasteiger partial charge in [0.1, 0.15) is 35.7 Å². The zero-order valence-electron chi connectivity index (χ0n) is 60.1. The third-order valence-corrected chi connectivity index (χ3v) is 24.7. The summed E-state index contributed by atoms with van der Waals surface area (Å²) in [6.45, 7) is 22.1. The highest BCUT2D eigenvalue weighted by Gasteiger charge is 2.39. The number of rotatable bonds is 10. The van der Waals surface area contributed by atoms with Gasteiger partial charge in [0.2, 0.25) is 11.8 Å². The fourth-order valence-electron chi connectivity index (χ4n) is 19.5. The first kappa shape index (κ1) is 66.1. The van der Waals surface area contributed by atoms with E-state index in [4.69, 9.17) is 9.97 Å². The van der Waals surface area contributed by atoms with Crippen LogP contribution in [0.1, 0.15) is 169 Å². The average Bonchev–Trinajstić information content (AvgIpc) is 1.62. The third-order valence-electron chi connectivity index (χ3n) is 24.7. The molecule has 18 nitrogen and oxygen atoms in total. The summed E-state index contributed by atoms with van der Waals surface area (Å²) in [5.74, 6) is 0.526. The Hall–Kier alpha value is -8.16. The molecule has 2 amide bonds. The summed E-state index contributed by atoms with van der Waals surface area (Å²) in [7, 11) is 0. The van der Waals surface area contributed by atoms with Crippen LogP contribution in [0, 0.1) is 20.8 Å². The van der Waals surface area contributed by atoms with Gasteiger partial charge in [-0.2, -0.15) is 0 Å². The number of likely N-dealkylation sites (tertiary alicyclic amines) is 2. The van der Waals surface area contributed by atoms with Crippen molar-refractivity contribution < 1.29 is 9.59 Å². The van der Waals surface area contributed by atoms with Gasteiger partial charge in [-0.3, -0.25) is 39.2 Å². The Labute approximate surface area is 595 Å². The second-order valence-corrected chi connectivity index (χ2v) is 31.0. The molecule has 0 radical (unpaired) electrons. The lowest BCUT2D eigenvalue weighted by Crippen LogP contribution is -2.39. The van der Waals surface area contributed by atoms with Crippen LogP contribution in [0.25, 0.3) is 44.1 Å². The minimum atomic E-state index is 0.263. The van der Waals surface area contributed by atoms with Crippen molar-refractivity contribution in [3.05, 3.63) is 177 Å². The van der Waals surface area contributed by atoms with Gasteiger partial charge >= 0.3 is 0 Å². The van der Waals surface area contributed by atoms with E-state index in [1.807, 2.05) is 63.2 Å². The van der Waals surface area contributed by atoms with Crippen LogP contribution >= 0.6 is 0 Å². The van der Waals surface area contributed by atoms with Gasteiger partial charge in [0, 0.05) is 208 Å². The largest absolute Gasteiger partial charge is 0.341 e. The van der Waals surface area contributed by atoms with Crippen molar-refractivity contribution in [1.82, 2.24) is 77.6 Å². The summed E-state index contributed by atoms with van der Waals surface area (Å²) >= 11 is 0. The summed E-state index contributed by atoms with van der Waals surface area (Å²) in [6.07, 6.45) is 35.7. The van der Waals surface area contributed by atoms with Crippen LogP contribution in [-0.2, 0) is 93.9 Å². The molecule has 18 heteroatoms. The number of fused-ring (bicyclic) bond motifs is 17. The molecular weight excluding hydrogens is 1250 g/mol. The number of pyridine rings is 6. The Morgan fingerprint density at radius 3 is 1.35 bits per heavy atom. The molecule has 101 heavy (non-hydrogen) atoms. The van der Waals surface area contributed by atoms with Crippen LogP contribution in [0.15, 0.2) is 104 Å². The van der Waals surface area contributed by atoms with Crippen molar-refractivity contribution in [2.45, 2.75) is 219 Å². The Balaban J connectivity index is 0.000000100. The Bertz CT molecular complexity index is 4640. The molecule has 20 heterocycles. The molecule has 0 aliphatic carbocycles. The van der Waals surface area contributed by atoms with Crippen molar-refractivity contribution in [2.75, 3.05) is 58.9 Å². The Kier molecular flexibility index (Phi) is 18.9. The van der Waals surface area contributed by atoms with Gasteiger partial charge in [-0.05, 0) is 243 Å². The van der Waals surface area contributed by atoms with E-state index in [1.165, 1.54) is 192 Å². The number of aryl methyl sites for hydroxylation is 7. The van der Waals surface area contributed by atoms with Gasteiger partial charge in [0.15, 0.2) is 0 Å². The SMILES string of the molecule is Cc1ccc(CCn2c3c(c4cccnc42)CN2CCCC2C3)cn1.Cc1cnc2c(c1)c1c(n2CCc2ccc(C)nc2)CC2CCCN2C1.O=C(Cn1c2c(c3cccnc31)C1CCCN1CC2)N1CCCCC1.O=C(Cn1c2c(c3cccnc31)CN1CCCC1C2)N1CCCCC1. The highest BCUT2D eigenvalue weighted by molar-refractivity contribution is 5.88. The number of hydrogen-bond donors (Lipinski definition) is 0. The number of nitrogens with zero attached hydrogens (tertiary/aromatic N) is 16. The minimum Gasteiger partial charge on any atom is -0.341 e. The molecule has 6 saturated heterocycles. The summed E-state index contributed by atoms with van der Waals surface area (Å²) in [5.41, 5.74) is 22.0. The molecule has 0 aromatic carbocycles. The predicted octanol–water partition coefficient (Wildman–Crippen LogP) is 12.6. The number of amides is 2. The second-order valence-electron chi connectivity index (χ2n) is 31.0. The molecule has 6 fully saturated rings. The molecule has 10 aromatic heterocycles. The summed E-state index contributed by atoms with van der Waals surface area (Å²) < 4.78 is 9.45. The van der Waals surface area contributed by atoms with Crippen LogP contribution in [0.3, 0.4) is 0 Å². The molecule has 10 aromatic rings. The molecular formula is C83H102N16O2. The lowest BCUT2D eigenvalue weighted by atomic mass is 9.96. The monoisotopic (exact) mass is 1350 g/mol. The van der Waals surface area contributed by atoms with E-state index >= 15 is 0 Å². The van der Waals surface area contributed by atoms with Crippen molar-refractivity contribution in [2.24, 2.45) is 0 Å². The van der Waals surface area contributed by atoms with Gasteiger partial charge in [-0.1, -0.05) is 12.1 Å². The van der Waals surface area contributed by atoms with Crippen molar-refractivity contribution >= 4 is 55.9 Å². The lowest BCUT2D eigenvalue weighted by molar-refractivity contribution is -0.133. The maximum absolute atomic E-state index is 12.9. The second kappa shape index (κ2) is 28.9. The first-order valence-electron chi connectivity index (χ1n) is 38.8. The quantitative estimate of drug-likeness (QED) is 0.128. The molecule has 4 atom stereocenters. The highest BCUT2D eigenvalue weighted by Crippen LogP contribution is 2.44. The smallest absolute Gasteiger partial charge is 0.242 e. The predicted molar refractivity (Wildman–Crippen MR) is 399 cm³/mol. The molecule has 0 saturated carbocycles. The fraction of sp³-hybridized carbons (Fsp3) is 0.518. The molecule has 0 spiro atoms. The first-order chi connectivity index (χ1) is 49.6. The normalized spacial score (nSPS) is 21.7. The maximum atomic E-state index is 12.9. The fourth-order valence-corrected chi connectivity index (χ4v) is 19.5. The van der Waals surface area contributed by atoms with E-state index in [-0.39, 0.29) is 11.8 Å². The van der Waals surface area contributed by atoms with Crippen molar-refractivity contribution in [3.63, 3.8) is 0 Å². The van der Waals surface area contributed by atoms with Crippen LogP contribution in [0.2, 0.25) is 0 Å². The van der Waals surface area contributed by atoms with Gasteiger partial charge in [0.05, 0.1) is 0 Å². The molecule has 0 N–H and O–H groups in total. The molecule has 10 aliphatic heterocycles. The topological polar surface area (TPSA) is 151 Å². The summed E-state index contributed by atoms with van der Waals surface area (Å²) in [6, 6.07) is 26.4. The number of piperidine rings is 2. The average molecular weight is 1360 g/mol. The van der Waals surface area contributed by atoms with Crippen LogP contribution in [-0.4, -0.2) is 166 Å². The highest BCUT2D eigenvalue weighted by atomic mass is 16.2. The molecule has 0 bridgehead atoms. The molecule has 20 rings (SSSR count). The van der Waals surface area contributed by atoms with Crippen LogP contribution in [0.4, 0.5) is 0 Å². The molecule has 10 aliphatic rings. The summed E-state index contributed by atoms with van der Waals surface area (Å²) in [4.78, 5) is 68.3. The Morgan fingerprint density at radius 2 is 0.842 bits per heavy atom. The standard InChI is InChI=1S/C22H26N4.C21H24N4.2C20H26N4O/c1-15-10-19-20-14-25-8-3-4-18(25)11-21(20)26(22(19)24-12-15)9-7-17-6-5-16(2)23-13-17;1-15-6-7-16(13-23-15)8-11-25-20-12-17-4-3-10-24(17)14-19(20)18-5-2-9-22-21(18)25;25-19(22-9-2-1-3-10-22)14-24-18-12-15-6-5-11-23(15)13-17(18)16-7-4-8-21-20(16)24;25-18(23-10-2-1-3-11-23)14-24-17-8-13-22-12-5-7-16(22)19(17)15-6-4-9-21-20(15)24/h5-6,10,12-13,18H,3-4,7-9,11,14H2,1-2H3;2,5-7,9,13,17H,3-4,8,10-12,14H2,1H3;4,7-8,15H,1-3,5-6,9-14H2;4,6,9,16H,1-3,5,7-8,10-14H2. The van der Waals surface area contributed by atoms with E-state index in [9.17, 15) is 9.59 Å². The first-order valence-corrected chi connectivity index (χ1v) is 38.8. The zero-order chi connectivity index (χ0) is 68.1. The summed E-state index contributed by atoms with van der Waals surface area (Å²) in [5, 5.41) is 5.23. The van der Waals surface area contributed by atoms with Crippen molar-refractivity contribution in [1.29, 1.82) is 0 Å². The number of carbonyl (C=O) groups is 2. The van der Waals surface area contributed by atoms with E-state index in [0.29, 0.717) is 25.2 Å². The molecule has 526 valence electrons. The maximum Gasteiger partial charge on any atom is 0.242 e. The minimum absolute atomic E-state index is 0.263. The van der Waals surface area contributed by atoms with Gasteiger partial charge in [0.25, 0.3) is 0 Å². The van der Waals surface area contributed by atoms with Gasteiger partial charge in [-0.25, -0.2) is 19.9 Å². The zero-order valence-corrected chi connectivity index (χ0v) is 60.1. The van der Waals surface area contributed by atoms with Gasteiger partial charge in [-0.15, -0.1) is 0 Å². The van der Waals surface area contributed by atoms with E-state index < -0.39 is 0 Å². The van der Waals surface area contributed by atoms with E-state index in [1.54, 1.807) is 0 Å². The molecule has 4 unspecified atom stereocenters. The number of hydrogen-bond acceptors (Lipinski definition) is 12. The van der Waals surface area contributed by atoms with E-state index in [2.05, 4.69) is 129 Å². The van der Waals surface area contributed by atoms with Gasteiger partial charge < -0.3 is 28.1 Å². The van der Waals surface area contributed by atoms with E-state index in [0.717, 1.165) is 157 Å². The van der Waals surface area contributed by atoms with Crippen molar-refractivity contribution in [3.8, 4) is 0 Å².